The molecule has 2 amide bonds. The molecule has 4 aliphatic rings. The van der Waals surface area contributed by atoms with Gasteiger partial charge in [0.2, 0.25) is 5.91 Å². The van der Waals surface area contributed by atoms with Gasteiger partial charge in [0.05, 0.1) is 30.6 Å². The molecule has 1 aliphatic carbocycles. The normalized spacial score (nSPS) is 25.8. The van der Waals surface area contributed by atoms with Crippen LogP contribution in [0.1, 0.15) is 106 Å². The lowest BCUT2D eigenvalue weighted by atomic mass is 9.59. The van der Waals surface area contributed by atoms with Crippen molar-refractivity contribution in [1.29, 1.82) is 0 Å². The standard InChI is InChI=1S/C42H62N4O5S/c1-5-46(36-16-24-52(49,50)25-17-36)39-27-35(34-14-12-33(13-15-34)29-45-20-22-51-23-21-45)26-37(30(39)2)40(47)43-28-38-31(3)42(32(4)44-41(38)48)18-10-8-6-7-9-11-19-42/h12-15,26-27,31-32,36,38H,5-11,16-25,28-29H2,1-4H3,(H,43,47)(H,44,48). The molecule has 0 bridgehead atoms. The van der Waals surface area contributed by atoms with Crippen molar-refractivity contribution in [3.05, 3.63) is 53.1 Å². The number of ether oxygens (including phenoxy) is 1. The van der Waals surface area contributed by atoms with E-state index in [1.165, 1.54) is 44.1 Å². The monoisotopic (exact) mass is 734 g/mol. The maximum Gasteiger partial charge on any atom is 0.251 e. The molecule has 0 aromatic heterocycles. The molecule has 3 saturated heterocycles. The first-order valence-corrected chi connectivity index (χ1v) is 21.9. The van der Waals surface area contributed by atoms with Crippen molar-refractivity contribution >= 4 is 27.3 Å². The van der Waals surface area contributed by atoms with E-state index in [2.05, 4.69) is 71.5 Å². The van der Waals surface area contributed by atoms with E-state index in [0.717, 1.165) is 68.1 Å². The van der Waals surface area contributed by atoms with Gasteiger partial charge in [-0.3, -0.25) is 14.5 Å². The van der Waals surface area contributed by atoms with Crippen LogP contribution in [-0.2, 0) is 25.9 Å². The van der Waals surface area contributed by atoms with E-state index in [0.29, 0.717) is 31.5 Å². The number of nitrogens with one attached hydrogen (secondary N) is 2. The third-order valence-electron chi connectivity index (χ3n) is 13.1. The van der Waals surface area contributed by atoms with Crippen LogP contribution in [0.4, 0.5) is 5.69 Å². The molecule has 6 rings (SSSR count). The van der Waals surface area contributed by atoms with Gasteiger partial charge < -0.3 is 20.3 Å². The molecule has 2 N–H and O–H groups in total. The molecule has 1 spiro atoms. The average Bonchev–Trinajstić information content (AvgIpc) is 3.26. The highest BCUT2D eigenvalue weighted by molar-refractivity contribution is 7.91. The predicted octanol–water partition coefficient (Wildman–Crippen LogP) is 6.52. The van der Waals surface area contributed by atoms with Gasteiger partial charge in [-0.05, 0) is 92.2 Å². The number of hydrogen-bond acceptors (Lipinski definition) is 7. The van der Waals surface area contributed by atoms with Crippen LogP contribution in [0.2, 0.25) is 0 Å². The summed E-state index contributed by atoms with van der Waals surface area (Å²) < 4.78 is 30.2. The molecule has 52 heavy (non-hydrogen) atoms. The number of morpholine rings is 1. The van der Waals surface area contributed by atoms with E-state index in [1.54, 1.807) is 0 Å². The Kier molecular flexibility index (Phi) is 12.7. The average molecular weight is 735 g/mol. The number of nitrogens with zero attached hydrogens (tertiary/aromatic N) is 2. The maximum atomic E-state index is 14.3. The second-order valence-electron chi connectivity index (χ2n) is 16.1. The Hall–Kier alpha value is -2.95. The molecule has 10 heteroatoms. The van der Waals surface area contributed by atoms with E-state index < -0.39 is 9.84 Å². The molecule has 3 aliphatic heterocycles. The first kappa shape index (κ1) is 38.8. The molecule has 3 unspecified atom stereocenters. The lowest BCUT2D eigenvalue weighted by molar-refractivity contribution is -0.137. The molecule has 3 heterocycles. The van der Waals surface area contributed by atoms with Gasteiger partial charge in [0.25, 0.3) is 5.91 Å². The lowest BCUT2D eigenvalue weighted by Gasteiger charge is -2.51. The maximum absolute atomic E-state index is 14.3. The fraction of sp³-hybridized carbons (Fsp3) is 0.667. The Morgan fingerprint density at radius 3 is 2.23 bits per heavy atom. The Bertz CT molecular complexity index is 1630. The van der Waals surface area contributed by atoms with Gasteiger partial charge in [-0.2, -0.15) is 0 Å². The van der Waals surface area contributed by atoms with Crippen molar-refractivity contribution in [3.63, 3.8) is 0 Å². The van der Waals surface area contributed by atoms with Crippen molar-refractivity contribution in [2.24, 2.45) is 17.3 Å². The number of benzene rings is 2. The van der Waals surface area contributed by atoms with Crippen LogP contribution < -0.4 is 15.5 Å². The van der Waals surface area contributed by atoms with Gasteiger partial charge in [-0.1, -0.05) is 69.7 Å². The summed E-state index contributed by atoms with van der Waals surface area (Å²) in [6.45, 7) is 13.8. The molecule has 0 radical (unpaired) electrons. The van der Waals surface area contributed by atoms with E-state index >= 15 is 0 Å². The second-order valence-corrected chi connectivity index (χ2v) is 18.4. The third-order valence-corrected chi connectivity index (χ3v) is 14.8. The van der Waals surface area contributed by atoms with Crippen molar-refractivity contribution in [3.8, 4) is 11.1 Å². The molecular formula is C42H62N4O5S. The van der Waals surface area contributed by atoms with Crippen LogP contribution in [0.5, 0.6) is 0 Å². The summed E-state index contributed by atoms with van der Waals surface area (Å²) in [6.07, 6.45) is 10.8. The van der Waals surface area contributed by atoms with Crippen molar-refractivity contribution in [1.82, 2.24) is 15.5 Å². The number of carbonyl (C=O) groups is 2. The minimum atomic E-state index is -3.02. The van der Waals surface area contributed by atoms with E-state index in [1.807, 2.05) is 13.0 Å². The highest BCUT2D eigenvalue weighted by Crippen LogP contribution is 2.48. The summed E-state index contributed by atoms with van der Waals surface area (Å²) in [4.78, 5) is 32.6. The van der Waals surface area contributed by atoms with Crippen LogP contribution in [0.3, 0.4) is 0 Å². The van der Waals surface area contributed by atoms with Crippen LogP contribution in [0.15, 0.2) is 36.4 Å². The van der Waals surface area contributed by atoms with Gasteiger partial charge in [-0.15, -0.1) is 0 Å². The summed E-state index contributed by atoms with van der Waals surface area (Å²) in [5.41, 5.74) is 5.70. The van der Waals surface area contributed by atoms with E-state index in [-0.39, 0.29) is 52.7 Å². The number of piperidine rings is 1. The predicted molar refractivity (Wildman–Crippen MR) is 209 cm³/mol. The Morgan fingerprint density at radius 1 is 0.962 bits per heavy atom. The van der Waals surface area contributed by atoms with Crippen molar-refractivity contribution in [2.75, 3.05) is 55.8 Å². The van der Waals surface area contributed by atoms with Crippen LogP contribution in [0, 0.1) is 24.2 Å². The van der Waals surface area contributed by atoms with Crippen LogP contribution in [-0.4, -0.2) is 88.1 Å². The Labute approximate surface area is 312 Å². The molecule has 2 aromatic rings. The molecular weight excluding hydrogens is 673 g/mol. The molecule has 9 nitrogen and oxygen atoms in total. The number of carbonyl (C=O) groups excluding carboxylic acids is 2. The minimum absolute atomic E-state index is 0.0403. The molecule has 286 valence electrons. The first-order valence-electron chi connectivity index (χ1n) is 20.1. The number of sulfone groups is 1. The molecule has 1 saturated carbocycles. The zero-order valence-corrected chi connectivity index (χ0v) is 32.9. The summed E-state index contributed by atoms with van der Waals surface area (Å²) >= 11 is 0. The van der Waals surface area contributed by atoms with Crippen molar-refractivity contribution in [2.45, 2.75) is 111 Å². The molecule has 4 fully saturated rings. The summed E-state index contributed by atoms with van der Waals surface area (Å²) in [5, 5.41) is 6.59. The SMILES string of the molecule is CCN(c1cc(-c2ccc(CN3CCOCC3)cc2)cc(C(=O)NCC2C(=O)NC(C)C3(CCCCCCCC3)C2C)c1C)C1CCS(=O)(=O)CC1. The van der Waals surface area contributed by atoms with Gasteiger partial charge >= 0.3 is 0 Å². The van der Waals surface area contributed by atoms with Crippen molar-refractivity contribution < 1.29 is 22.7 Å². The number of rotatable bonds is 9. The highest BCUT2D eigenvalue weighted by atomic mass is 32.2. The number of hydrogen-bond donors (Lipinski definition) is 2. The largest absolute Gasteiger partial charge is 0.379 e. The fourth-order valence-corrected chi connectivity index (χ4v) is 11.2. The summed E-state index contributed by atoms with van der Waals surface area (Å²) in [6, 6.07) is 13.0. The minimum Gasteiger partial charge on any atom is -0.379 e. The summed E-state index contributed by atoms with van der Waals surface area (Å²) in [5.74, 6) is 0.109. The van der Waals surface area contributed by atoms with Crippen LogP contribution in [0.25, 0.3) is 11.1 Å². The number of amides is 2. The Morgan fingerprint density at radius 2 is 1.60 bits per heavy atom. The fourth-order valence-electron chi connectivity index (χ4n) is 9.72. The molecule has 3 atom stereocenters. The smallest absolute Gasteiger partial charge is 0.251 e. The topological polar surface area (TPSA) is 108 Å². The Balaban J connectivity index is 1.27. The summed E-state index contributed by atoms with van der Waals surface area (Å²) in [7, 11) is -3.02. The van der Waals surface area contributed by atoms with Crippen LogP contribution >= 0.6 is 0 Å². The third kappa shape index (κ3) is 8.71. The van der Waals surface area contributed by atoms with Gasteiger partial charge in [0.1, 0.15) is 9.84 Å². The van der Waals surface area contributed by atoms with Gasteiger partial charge in [0.15, 0.2) is 0 Å². The van der Waals surface area contributed by atoms with E-state index in [9.17, 15) is 18.0 Å². The highest BCUT2D eigenvalue weighted by Gasteiger charge is 2.50. The number of anilines is 1. The quantitative estimate of drug-likeness (QED) is 0.302. The van der Waals surface area contributed by atoms with Gasteiger partial charge in [-0.25, -0.2) is 8.42 Å². The first-order chi connectivity index (χ1) is 25.0. The zero-order chi connectivity index (χ0) is 36.9. The molecule has 2 aromatic carbocycles. The van der Waals surface area contributed by atoms with E-state index in [4.69, 9.17) is 4.74 Å². The zero-order valence-electron chi connectivity index (χ0n) is 32.1. The second kappa shape index (κ2) is 17.0. The lowest BCUT2D eigenvalue weighted by Crippen LogP contribution is -2.61. The van der Waals surface area contributed by atoms with Gasteiger partial charge in [0, 0.05) is 56.1 Å².